The molecule has 1 heterocycles. The number of fused-ring (bicyclic) bond motifs is 1. The zero-order chi connectivity index (χ0) is 8.55. The molecule has 0 fully saturated rings. The van der Waals surface area contributed by atoms with Gasteiger partial charge in [-0.05, 0) is 19.1 Å². The second-order valence-electron chi connectivity index (χ2n) is 2.75. The van der Waals surface area contributed by atoms with Gasteiger partial charge in [0.2, 0.25) is 0 Å². The maximum Gasteiger partial charge on any atom is 0.0706 e. The van der Waals surface area contributed by atoms with Crippen molar-refractivity contribution in [3.05, 3.63) is 41.0 Å². The minimum absolute atomic E-state index is 0.730. The van der Waals surface area contributed by atoms with Crippen molar-refractivity contribution in [3.8, 4) is 0 Å². The van der Waals surface area contributed by atoms with Crippen molar-refractivity contribution in [3.63, 3.8) is 0 Å². The van der Waals surface area contributed by atoms with E-state index in [1.165, 1.54) is 0 Å². The highest BCUT2D eigenvalue weighted by Crippen LogP contribution is 2.19. The van der Waals surface area contributed by atoms with Crippen molar-refractivity contribution < 1.29 is 0 Å². The van der Waals surface area contributed by atoms with E-state index in [-0.39, 0.29) is 0 Å². The van der Waals surface area contributed by atoms with Crippen LogP contribution in [0.2, 0.25) is 5.02 Å². The fourth-order valence-corrected chi connectivity index (χ4v) is 1.35. The van der Waals surface area contributed by atoms with Gasteiger partial charge in [0.1, 0.15) is 0 Å². The number of rotatable bonds is 0. The number of aryl methyl sites for hydroxylation is 1. The average molecular weight is 178 g/mol. The summed E-state index contributed by atoms with van der Waals surface area (Å²) in [6.07, 6.45) is 0. The normalized spacial score (nSPS) is 10.5. The summed E-state index contributed by atoms with van der Waals surface area (Å²) >= 11 is 5.93. The number of pyridine rings is 1. The lowest BCUT2D eigenvalue weighted by molar-refractivity contribution is 1.26. The first-order valence-corrected chi connectivity index (χ1v) is 4.17. The summed E-state index contributed by atoms with van der Waals surface area (Å²) in [7, 11) is 0. The number of halogens is 1. The molecule has 60 valence electrons. The third-order valence-electron chi connectivity index (χ3n) is 1.85. The summed E-state index contributed by atoms with van der Waals surface area (Å²) in [6, 6.07) is 9.89. The molecule has 0 radical (unpaired) electrons. The topological polar surface area (TPSA) is 12.9 Å². The zero-order valence-corrected chi connectivity index (χ0v) is 7.47. The summed E-state index contributed by atoms with van der Waals surface area (Å²) in [6.45, 7) is 1.91. The molecule has 0 aliphatic rings. The van der Waals surface area contributed by atoms with Crippen molar-refractivity contribution in [2.24, 2.45) is 0 Å². The quantitative estimate of drug-likeness (QED) is 0.602. The Morgan fingerprint density at radius 2 is 2.00 bits per heavy atom. The summed E-state index contributed by atoms with van der Waals surface area (Å²) in [4.78, 5) is 4.34. The Morgan fingerprint density at radius 1 is 1.25 bits per heavy atom. The molecule has 1 aromatic heterocycles. The van der Waals surface area contributed by atoms with E-state index in [0.29, 0.717) is 0 Å². The van der Waals surface area contributed by atoms with E-state index >= 15 is 0 Å². The van der Waals surface area contributed by atoms with Crippen LogP contribution in [0.1, 0.15) is 5.69 Å². The lowest BCUT2D eigenvalue weighted by Crippen LogP contribution is -1.83. The second kappa shape index (κ2) is 2.76. The summed E-state index contributed by atoms with van der Waals surface area (Å²) in [5.74, 6) is 0. The molecule has 0 bridgehead atoms. The third-order valence-corrected chi connectivity index (χ3v) is 2.24. The van der Waals surface area contributed by atoms with Crippen LogP contribution in [-0.2, 0) is 0 Å². The minimum Gasteiger partial charge on any atom is -0.252 e. The largest absolute Gasteiger partial charge is 0.252 e. The van der Waals surface area contributed by atoms with Gasteiger partial charge >= 0.3 is 0 Å². The monoisotopic (exact) mass is 177 g/mol. The van der Waals surface area contributed by atoms with Gasteiger partial charge in [-0.15, -0.1) is 0 Å². The van der Waals surface area contributed by atoms with Crippen molar-refractivity contribution in [1.29, 1.82) is 0 Å². The fraction of sp³-hybridized carbons (Fsp3) is 0.100. The lowest BCUT2D eigenvalue weighted by Gasteiger charge is -1.99. The Morgan fingerprint density at radius 3 is 2.83 bits per heavy atom. The Kier molecular flexibility index (Phi) is 1.74. The molecule has 12 heavy (non-hydrogen) atoms. The first-order chi connectivity index (χ1) is 5.77. The van der Waals surface area contributed by atoms with Crippen LogP contribution in [0.5, 0.6) is 0 Å². The Balaban J connectivity index is 2.84. The van der Waals surface area contributed by atoms with Gasteiger partial charge in [-0.3, -0.25) is 4.98 Å². The van der Waals surface area contributed by atoms with Gasteiger partial charge in [-0.2, -0.15) is 0 Å². The zero-order valence-electron chi connectivity index (χ0n) is 6.71. The molecule has 1 nitrogen and oxygen atoms in total. The predicted molar refractivity (Wildman–Crippen MR) is 51.5 cm³/mol. The van der Waals surface area contributed by atoms with E-state index in [1.54, 1.807) is 0 Å². The molecular weight excluding hydrogens is 170 g/mol. The smallest absolute Gasteiger partial charge is 0.0706 e. The Hall–Kier alpha value is -1.08. The molecule has 2 rings (SSSR count). The summed E-state index contributed by atoms with van der Waals surface area (Å²) in [5, 5.41) is 1.82. The van der Waals surface area contributed by atoms with E-state index in [2.05, 4.69) is 4.98 Å². The van der Waals surface area contributed by atoms with Crippen molar-refractivity contribution in [2.45, 2.75) is 6.92 Å². The van der Waals surface area contributed by atoms with E-state index in [0.717, 1.165) is 21.6 Å². The highest BCUT2D eigenvalue weighted by molar-refractivity contribution is 6.31. The highest BCUT2D eigenvalue weighted by atomic mass is 35.5. The van der Waals surface area contributed by atoms with Gasteiger partial charge in [0, 0.05) is 5.39 Å². The van der Waals surface area contributed by atoms with Gasteiger partial charge in [0.15, 0.2) is 0 Å². The van der Waals surface area contributed by atoms with E-state index < -0.39 is 0 Å². The van der Waals surface area contributed by atoms with Crippen molar-refractivity contribution >= 4 is 22.5 Å². The molecule has 2 aromatic rings. The van der Waals surface area contributed by atoms with Crippen molar-refractivity contribution in [1.82, 2.24) is 4.98 Å². The Bertz CT molecular complexity index is 383. The maximum absolute atomic E-state index is 5.93. The lowest BCUT2D eigenvalue weighted by atomic mass is 10.2. The average Bonchev–Trinajstić information content (AvgIpc) is 2.07. The molecule has 0 saturated heterocycles. The number of hydrogen-bond acceptors (Lipinski definition) is 1. The molecule has 0 aliphatic carbocycles. The van der Waals surface area contributed by atoms with Gasteiger partial charge < -0.3 is 0 Å². The van der Waals surface area contributed by atoms with Gasteiger partial charge in [-0.1, -0.05) is 29.8 Å². The number of aromatic nitrogens is 1. The SMILES string of the molecule is Cc1nc2ccccc2cc1Cl. The standard InChI is InChI=1S/C10H8ClN/c1-7-9(11)6-8-4-2-3-5-10(8)12-7/h2-6H,1H3. The number of nitrogens with zero attached hydrogens (tertiary/aromatic N) is 1. The Labute approximate surface area is 76.0 Å². The second-order valence-corrected chi connectivity index (χ2v) is 3.16. The molecule has 0 amide bonds. The number of hydrogen-bond donors (Lipinski definition) is 0. The van der Waals surface area contributed by atoms with Crippen LogP contribution < -0.4 is 0 Å². The number of benzene rings is 1. The molecule has 0 unspecified atom stereocenters. The van der Waals surface area contributed by atoms with Crippen molar-refractivity contribution in [2.75, 3.05) is 0 Å². The van der Waals surface area contributed by atoms with Crippen LogP contribution >= 0.6 is 11.6 Å². The molecule has 1 aromatic carbocycles. The van der Waals surface area contributed by atoms with Gasteiger partial charge in [0.05, 0.1) is 16.2 Å². The van der Waals surface area contributed by atoms with Gasteiger partial charge in [0.25, 0.3) is 0 Å². The molecule has 0 saturated carbocycles. The summed E-state index contributed by atoms with van der Waals surface area (Å²) < 4.78 is 0. The fourth-order valence-electron chi connectivity index (χ4n) is 1.19. The first kappa shape index (κ1) is 7.56. The van der Waals surface area contributed by atoms with Crippen LogP contribution in [0.3, 0.4) is 0 Å². The van der Waals surface area contributed by atoms with E-state index in [1.807, 2.05) is 37.3 Å². The maximum atomic E-state index is 5.93. The van der Waals surface area contributed by atoms with Crippen LogP contribution in [-0.4, -0.2) is 4.98 Å². The van der Waals surface area contributed by atoms with E-state index in [9.17, 15) is 0 Å². The minimum atomic E-state index is 0.730. The van der Waals surface area contributed by atoms with Gasteiger partial charge in [-0.25, -0.2) is 0 Å². The van der Waals surface area contributed by atoms with Crippen LogP contribution in [0.4, 0.5) is 0 Å². The molecular formula is C10H8ClN. The number of para-hydroxylation sites is 1. The first-order valence-electron chi connectivity index (χ1n) is 3.79. The summed E-state index contributed by atoms with van der Waals surface area (Å²) in [5.41, 5.74) is 1.88. The van der Waals surface area contributed by atoms with Crippen LogP contribution in [0.25, 0.3) is 10.9 Å². The molecule has 0 spiro atoms. The molecule has 0 atom stereocenters. The van der Waals surface area contributed by atoms with E-state index in [4.69, 9.17) is 11.6 Å². The predicted octanol–water partition coefficient (Wildman–Crippen LogP) is 3.20. The highest BCUT2D eigenvalue weighted by Gasteiger charge is 1.98. The molecule has 0 aliphatic heterocycles. The van der Waals surface area contributed by atoms with Crippen LogP contribution in [0.15, 0.2) is 30.3 Å². The van der Waals surface area contributed by atoms with Crippen LogP contribution in [0, 0.1) is 6.92 Å². The third kappa shape index (κ3) is 1.16. The molecule has 2 heteroatoms. The molecule has 0 N–H and O–H groups in total.